The van der Waals surface area contributed by atoms with E-state index in [2.05, 4.69) is 26.2 Å². The van der Waals surface area contributed by atoms with Crippen LogP contribution in [-0.4, -0.2) is 29.1 Å². The highest BCUT2D eigenvalue weighted by Crippen LogP contribution is 2.20. The van der Waals surface area contributed by atoms with Gasteiger partial charge in [0, 0.05) is 11.4 Å². The van der Waals surface area contributed by atoms with Gasteiger partial charge in [0.15, 0.2) is 0 Å². The zero-order valence-corrected chi connectivity index (χ0v) is 17.4. The standard InChI is InChI=1S/C18H28N2O3Si2/c1-24(2,13-21-17-9-5-15(19)6-10-17)23-25(3,4)14-22-18-11-7-16(20)8-12-18/h5-12H,13-14,19-20H2,1-4H3. The van der Waals surface area contributed by atoms with Gasteiger partial charge in [0.2, 0.25) is 16.6 Å². The van der Waals surface area contributed by atoms with Crippen molar-refractivity contribution < 1.29 is 13.6 Å². The van der Waals surface area contributed by atoms with Crippen LogP contribution in [-0.2, 0) is 4.12 Å². The Labute approximate surface area is 152 Å². The lowest BCUT2D eigenvalue weighted by Gasteiger charge is -2.33. The van der Waals surface area contributed by atoms with E-state index < -0.39 is 16.6 Å². The van der Waals surface area contributed by atoms with E-state index in [1.54, 1.807) is 0 Å². The molecule has 0 saturated heterocycles. The molecule has 0 fully saturated rings. The van der Waals surface area contributed by atoms with E-state index in [9.17, 15) is 0 Å². The molecule has 4 N–H and O–H groups in total. The summed E-state index contributed by atoms with van der Waals surface area (Å²) in [6.07, 6.45) is 1.18. The van der Waals surface area contributed by atoms with Crippen molar-refractivity contribution in [1.29, 1.82) is 0 Å². The van der Waals surface area contributed by atoms with E-state index in [1.165, 1.54) is 0 Å². The van der Waals surface area contributed by atoms with Crippen molar-refractivity contribution in [2.75, 3.05) is 23.9 Å². The Morgan fingerprint density at radius 1 is 0.640 bits per heavy atom. The Bertz CT molecular complexity index is 614. The number of benzene rings is 2. The first-order valence-electron chi connectivity index (χ1n) is 8.32. The van der Waals surface area contributed by atoms with Crippen molar-refractivity contribution in [2.24, 2.45) is 0 Å². The van der Waals surface area contributed by atoms with Gasteiger partial charge in [0.25, 0.3) is 0 Å². The molecule has 0 aliphatic heterocycles. The lowest BCUT2D eigenvalue weighted by molar-refractivity contribution is 0.329. The smallest absolute Gasteiger partial charge is 0.213 e. The summed E-state index contributed by atoms with van der Waals surface area (Å²) in [5.41, 5.74) is 12.8. The number of rotatable bonds is 8. The lowest BCUT2D eigenvalue weighted by atomic mass is 10.3. The van der Waals surface area contributed by atoms with E-state index in [4.69, 9.17) is 25.1 Å². The molecule has 136 valence electrons. The van der Waals surface area contributed by atoms with Gasteiger partial charge in [-0.2, -0.15) is 0 Å². The number of hydrogen-bond acceptors (Lipinski definition) is 5. The molecule has 7 heteroatoms. The van der Waals surface area contributed by atoms with Crippen molar-refractivity contribution in [2.45, 2.75) is 26.2 Å². The Kier molecular flexibility index (Phi) is 6.15. The van der Waals surface area contributed by atoms with E-state index in [-0.39, 0.29) is 0 Å². The van der Waals surface area contributed by atoms with Crippen molar-refractivity contribution in [1.82, 2.24) is 0 Å². The summed E-state index contributed by atoms with van der Waals surface area (Å²) in [6, 6.07) is 14.9. The molecule has 0 radical (unpaired) electrons. The minimum Gasteiger partial charge on any atom is -0.494 e. The highest BCUT2D eigenvalue weighted by Gasteiger charge is 2.34. The van der Waals surface area contributed by atoms with Gasteiger partial charge < -0.3 is 25.1 Å². The van der Waals surface area contributed by atoms with Crippen molar-refractivity contribution in [3.05, 3.63) is 48.5 Å². The molecular weight excluding hydrogens is 348 g/mol. The lowest BCUT2D eigenvalue weighted by Crippen LogP contribution is -2.51. The highest BCUT2D eigenvalue weighted by molar-refractivity contribution is 6.84. The quantitative estimate of drug-likeness (QED) is 0.541. The summed E-state index contributed by atoms with van der Waals surface area (Å²) in [5.74, 6) is 1.63. The van der Waals surface area contributed by atoms with Crippen LogP contribution in [0.1, 0.15) is 0 Å². The molecule has 0 bridgehead atoms. The molecule has 2 rings (SSSR count). The van der Waals surface area contributed by atoms with E-state index >= 15 is 0 Å². The number of nitrogens with two attached hydrogens (primary N) is 2. The van der Waals surface area contributed by atoms with Crippen LogP contribution in [0.2, 0.25) is 26.2 Å². The van der Waals surface area contributed by atoms with Crippen LogP contribution in [0.15, 0.2) is 48.5 Å². The van der Waals surface area contributed by atoms with Gasteiger partial charge in [0.1, 0.15) is 24.0 Å². The van der Waals surface area contributed by atoms with Gasteiger partial charge >= 0.3 is 0 Å². The van der Waals surface area contributed by atoms with Crippen LogP contribution in [0.5, 0.6) is 11.5 Å². The molecule has 0 aromatic heterocycles. The molecule has 0 amide bonds. The average molecular weight is 377 g/mol. The maximum atomic E-state index is 6.49. The van der Waals surface area contributed by atoms with E-state index in [0.29, 0.717) is 12.5 Å². The second-order valence-electron chi connectivity index (χ2n) is 7.34. The summed E-state index contributed by atoms with van der Waals surface area (Å²) >= 11 is 0. The second-order valence-corrected chi connectivity index (χ2v) is 15.8. The van der Waals surface area contributed by atoms with Gasteiger partial charge in [-0.05, 0) is 74.7 Å². The number of nitrogen functional groups attached to an aromatic ring is 2. The van der Waals surface area contributed by atoms with Crippen molar-refractivity contribution >= 4 is 28.0 Å². The Morgan fingerprint density at radius 2 is 0.960 bits per heavy atom. The summed E-state index contributed by atoms with van der Waals surface area (Å²) in [6.45, 7) is 8.68. The third-order valence-corrected chi connectivity index (χ3v) is 9.59. The number of anilines is 2. The summed E-state index contributed by atoms with van der Waals surface area (Å²) in [5, 5.41) is 0. The Balaban J connectivity index is 1.85. The minimum absolute atomic E-state index is 0.592. The zero-order valence-electron chi connectivity index (χ0n) is 15.4. The second kappa shape index (κ2) is 7.94. The molecule has 2 aromatic rings. The molecule has 0 atom stereocenters. The largest absolute Gasteiger partial charge is 0.494 e. The predicted molar refractivity (Wildman–Crippen MR) is 109 cm³/mol. The van der Waals surface area contributed by atoms with E-state index in [1.807, 2.05) is 48.5 Å². The topological polar surface area (TPSA) is 79.7 Å². The third kappa shape index (κ3) is 6.81. The monoisotopic (exact) mass is 376 g/mol. The number of hydrogen-bond donors (Lipinski definition) is 2. The minimum atomic E-state index is -1.97. The molecule has 5 nitrogen and oxygen atoms in total. The molecule has 0 saturated carbocycles. The molecule has 2 aromatic carbocycles. The highest BCUT2D eigenvalue weighted by atomic mass is 28.4. The number of ether oxygens (including phenoxy) is 2. The molecular formula is C18H28N2O3Si2. The Hall–Kier alpha value is -1.97. The van der Waals surface area contributed by atoms with Crippen molar-refractivity contribution in [3.8, 4) is 11.5 Å². The fourth-order valence-electron chi connectivity index (χ4n) is 2.45. The van der Waals surface area contributed by atoms with Gasteiger partial charge in [-0.15, -0.1) is 0 Å². The summed E-state index contributed by atoms with van der Waals surface area (Å²) in [7, 11) is -3.95. The maximum Gasteiger partial charge on any atom is 0.213 e. The fraction of sp³-hybridized carbons (Fsp3) is 0.333. The first-order chi connectivity index (χ1) is 11.7. The van der Waals surface area contributed by atoms with Crippen molar-refractivity contribution in [3.63, 3.8) is 0 Å². The molecule has 0 unspecified atom stereocenters. The average Bonchev–Trinajstić information content (AvgIpc) is 2.53. The molecule has 0 heterocycles. The molecule has 0 spiro atoms. The van der Waals surface area contributed by atoms with Crippen LogP contribution in [0.25, 0.3) is 0 Å². The third-order valence-electron chi connectivity index (χ3n) is 3.49. The first-order valence-corrected chi connectivity index (χ1v) is 14.6. The van der Waals surface area contributed by atoms with Gasteiger partial charge in [-0.3, -0.25) is 0 Å². The van der Waals surface area contributed by atoms with Crippen LogP contribution in [0, 0.1) is 0 Å². The summed E-state index contributed by atoms with van der Waals surface area (Å²) < 4.78 is 18.3. The zero-order chi connectivity index (χ0) is 18.5. The maximum absolute atomic E-state index is 6.49. The molecule has 0 aliphatic rings. The van der Waals surface area contributed by atoms with Crippen LogP contribution < -0.4 is 20.9 Å². The molecule has 0 aliphatic carbocycles. The summed E-state index contributed by atoms with van der Waals surface area (Å²) in [4.78, 5) is 0. The van der Waals surface area contributed by atoms with Gasteiger partial charge in [0.05, 0.1) is 0 Å². The fourth-order valence-corrected chi connectivity index (χ4v) is 9.93. The molecule has 25 heavy (non-hydrogen) atoms. The van der Waals surface area contributed by atoms with Gasteiger partial charge in [-0.25, -0.2) is 0 Å². The van der Waals surface area contributed by atoms with Gasteiger partial charge in [-0.1, -0.05) is 0 Å². The normalized spacial score (nSPS) is 12.0. The SMILES string of the molecule is C[Si](C)(COc1ccc(N)cc1)O[Si](C)(C)COc1ccc(N)cc1. The predicted octanol–water partition coefficient (Wildman–Crippen LogP) is 3.81. The Morgan fingerprint density at radius 3 is 1.28 bits per heavy atom. The van der Waals surface area contributed by atoms with Crippen LogP contribution >= 0.6 is 0 Å². The van der Waals surface area contributed by atoms with Crippen LogP contribution in [0.3, 0.4) is 0 Å². The van der Waals surface area contributed by atoms with E-state index in [0.717, 1.165) is 22.9 Å². The van der Waals surface area contributed by atoms with Crippen LogP contribution in [0.4, 0.5) is 11.4 Å². The first kappa shape index (κ1) is 19.4.